The van der Waals surface area contributed by atoms with Crippen LogP contribution in [0.2, 0.25) is 0 Å². The van der Waals surface area contributed by atoms with E-state index in [2.05, 4.69) is 4.98 Å². The second-order valence-corrected chi connectivity index (χ2v) is 8.22. The molecule has 5 nitrogen and oxygen atoms in total. The van der Waals surface area contributed by atoms with Gasteiger partial charge in [0.05, 0.1) is 5.01 Å². The molecule has 1 unspecified atom stereocenters. The molecule has 1 atom stereocenters. The molecule has 2 amide bonds. The van der Waals surface area contributed by atoms with E-state index < -0.39 is 5.54 Å². The summed E-state index contributed by atoms with van der Waals surface area (Å²) in [6.45, 7) is 3.90. The maximum atomic E-state index is 13.4. The second-order valence-electron chi connectivity index (χ2n) is 7.16. The Morgan fingerprint density at radius 2 is 1.92 bits per heavy atom. The fourth-order valence-electron chi connectivity index (χ4n) is 4.28. The molecule has 26 heavy (non-hydrogen) atoms. The van der Waals surface area contributed by atoms with Gasteiger partial charge in [-0.15, -0.1) is 11.3 Å². The topological polar surface area (TPSA) is 53.5 Å². The summed E-state index contributed by atoms with van der Waals surface area (Å²) in [7, 11) is 0. The Kier molecular flexibility index (Phi) is 4.53. The zero-order chi connectivity index (χ0) is 18.1. The lowest BCUT2D eigenvalue weighted by Gasteiger charge is -2.44. The maximum Gasteiger partial charge on any atom is 0.274 e. The highest BCUT2D eigenvalue weighted by atomic mass is 32.1. The summed E-state index contributed by atoms with van der Waals surface area (Å²) in [6, 6.07) is 10.1. The van der Waals surface area contributed by atoms with Gasteiger partial charge in [0, 0.05) is 25.0 Å². The minimum atomic E-state index is -0.679. The zero-order valence-electron chi connectivity index (χ0n) is 15.0. The SMILES string of the molecule is Cc1nc(C(=O)N2CCCC23CCCN(Cc2ccccc2)C3=O)cs1. The summed E-state index contributed by atoms with van der Waals surface area (Å²) in [5, 5.41) is 2.68. The van der Waals surface area contributed by atoms with E-state index in [-0.39, 0.29) is 11.8 Å². The molecule has 4 rings (SSSR count). The van der Waals surface area contributed by atoms with Crippen LogP contribution in [0.15, 0.2) is 35.7 Å². The quantitative estimate of drug-likeness (QED) is 0.834. The number of piperidine rings is 1. The van der Waals surface area contributed by atoms with Crippen LogP contribution in [0.1, 0.15) is 46.7 Å². The third-order valence-corrected chi connectivity index (χ3v) is 6.27. The first-order valence-electron chi connectivity index (χ1n) is 9.17. The minimum Gasteiger partial charge on any atom is -0.336 e. The molecule has 0 bridgehead atoms. The Balaban J connectivity index is 1.59. The van der Waals surface area contributed by atoms with Gasteiger partial charge in [-0.05, 0) is 38.2 Å². The van der Waals surface area contributed by atoms with Crippen molar-refractivity contribution in [3.8, 4) is 0 Å². The van der Waals surface area contributed by atoms with E-state index in [4.69, 9.17) is 0 Å². The highest BCUT2D eigenvalue weighted by molar-refractivity contribution is 7.09. The van der Waals surface area contributed by atoms with Crippen LogP contribution in [0.25, 0.3) is 0 Å². The van der Waals surface area contributed by atoms with E-state index in [9.17, 15) is 9.59 Å². The number of carbonyl (C=O) groups is 2. The van der Waals surface area contributed by atoms with Gasteiger partial charge in [-0.2, -0.15) is 0 Å². The van der Waals surface area contributed by atoms with Gasteiger partial charge in [0.2, 0.25) is 5.91 Å². The molecule has 6 heteroatoms. The number of aromatic nitrogens is 1. The smallest absolute Gasteiger partial charge is 0.274 e. The van der Waals surface area contributed by atoms with Crippen LogP contribution in [0.4, 0.5) is 0 Å². The van der Waals surface area contributed by atoms with E-state index in [0.29, 0.717) is 18.8 Å². The van der Waals surface area contributed by atoms with Crippen LogP contribution >= 0.6 is 11.3 Å². The van der Waals surface area contributed by atoms with Crippen molar-refractivity contribution < 1.29 is 9.59 Å². The fraction of sp³-hybridized carbons (Fsp3) is 0.450. The Morgan fingerprint density at radius 3 is 2.62 bits per heavy atom. The number of carbonyl (C=O) groups excluding carboxylic acids is 2. The predicted molar refractivity (Wildman–Crippen MR) is 101 cm³/mol. The van der Waals surface area contributed by atoms with E-state index in [0.717, 1.165) is 42.8 Å². The standard InChI is InChI=1S/C20H23N3O2S/c1-15-21-17(14-26-15)18(24)23-12-6-10-20(23)9-5-11-22(19(20)25)13-16-7-3-2-4-8-16/h2-4,7-8,14H,5-6,9-13H2,1H3. The molecule has 0 saturated carbocycles. The van der Waals surface area contributed by atoms with Crippen molar-refractivity contribution in [3.63, 3.8) is 0 Å². The minimum absolute atomic E-state index is 0.0956. The molecular weight excluding hydrogens is 346 g/mol. The molecule has 2 aromatic rings. The molecule has 2 aliphatic heterocycles. The first kappa shape index (κ1) is 17.2. The molecule has 2 aliphatic rings. The first-order chi connectivity index (χ1) is 12.6. The van der Waals surface area contributed by atoms with Gasteiger partial charge >= 0.3 is 0 Å². The molecule has 1 aromatic heterocycles. The Hall–Kier alpha value is -2.21. The predicted octanol–water partition coefficient (Wildman–Crippen LogP) is 3.25. The lowest BCUT2D eigenvalue weighted by Crippen LogP contribution is -2.61. The molecule has 1 spiro atoms. The normalized spacial score (nSPS) is 23.0. The zero-order valence-corrected chi connectivity index (χ0v) is 15.8. The van der Waals surface area contributed by atoms with E-state index >= 15 is 0 Å². The maximum absolute atomic E-state index is 13.4. The van der Waals surface area contributed by atoms with Crippen LogP contribution in [-0.4, -0.2) is 45.2 Å². The summed E-state index contributed by atoms with van der Waals surface area (Å²) in [5.41, 5.74) is 0.924. The summed E-state index contributed by atoms with van der Waals surface area (Å²) in [5.74, 6) is 0.00663. The molecule has 1 aromatic carbocycles. The monoisotopic (exact) mass is 369 g/mol. The molecule has 2 saturated heterocycles. The van der Waals surface area contributed by atoms with Gasteiger partial charge in [0.15, 0.2) is 0 Å². The number of amides is 2. The van der Waals surface area contributed by atoms with Crippen molar-refractivity contribution in [3.05, 3.63) is 52.0 Å². The average molecular weight is 369 g/mol. The average Bonchev–Trinajstić information content (AvgIpc) is 3.27. The Labute approximate surface area is 157 Å². The molecule has 3 heterocycles. The molecule has 136 valence electrons. The summed E-state index contributed by atoms with van der Waals surface area (Å²) < 4.78 is 0. The van der Waals surface area contributed by atoms with Crippen molar-refractivity contribution in [1.82, 2.24) is 14.8 Å². The molecular formula is C20H23N3O2S. The number of benzene rings is 1. The first-order valence-corrected chi connectivity index (χ1v) is 10.1. The second kappa shape index (κ2) is 6.83. The largest absolute Gasteiger partial charge is 0.336 e. The number of hydrogen-bond acceptors (Lipinski definition) is 4. The number of aryl methyl sites for hydroxylation is 1. The van der Waals surface area contributed by atoms with E-state index in [1.54, 1.807) is 10.3 Å². The Morgan fingerprint density at radius 1 is 1.19 bits per heavy atom. The lowest BCUT2D eigenvalue weighted by atomic mass is 9.85. The number of rotatable bonds is 3. The van der Waals surface area contributed by atoms with Crippen molar-refractivity contribution in [2.45, 2.75) is 44.7 Å². The van der Waals surface area contributed by atoms with Gasteiger partial charge < -0.3 is 9.80 Å². The number of hydrogen-bond donors (Lipinski definition) is 0. The molecule has 0 N–H and O–H groups in total. The van der Waals surface area contributed by atoms with Gasteiger partial charge in [0.1, 0.15) is 11.2 Å². The third kappa shape index (κ3) is 2.92. The lowest BCUT2D eigenvalue weighted by molar-refractivity contribution is -0.146. The van der Waals surface area contributed by atoms with Crippen LogP contribution in [0.3, 0.4) is 0 Å². The highest BCUT2D eigenvalue weighted by Crippen LogP contribution is 2.39. The number of thiazole rings is 1. The van der Waals surface area contributed by atoms with E-state index in [1.807, 2.05) is 42.2 Å². The van der Waals surface area contributed by atoms with Crippen LogP contribution < -0.4 is 0 Å². The van der Waals surface area contributed by atoms with Crippen LogP contribution in [-0.2, 0) is 11.3 Å². The summed E-state index contributed by atoms with van der Waals surface area (Å²) in [6.07, 6.45) is 3.32. The van der Waals surface area contributed by atoms with Gasteiger partial charge in [0.25, 0.3) is 5.91 Å². The summed E-state index contributed by atoms with van der Waals surface area (Å²) >= 11 is 1.48. The van der Waals surface area contributed by atoms with Crippen molar-refractivity contribution in [1.29, 1.82) is 0 Å². The molecule has 0 aliphatic carbocycles. The van der Waals surface area contributed by atoms with Crippen molar-refractivity contribution in [2.24, 2.45) is 0 Å². The van der Waals surface area contributed by atoms with Crippen LogP contribution in [0.5, 0.6) is 0 Å². The molecule has 0 radical (unpaired) electrons. The van der Waals surface area contributed by atoms with Gasteiger partial charge in [-0.25, -0.2) is 4.98 Å². The van der Waals surface area contributed by atoms with Gasteiger partial charge in [-0.3, -0.25) is 9.59 Å². The Bertz CT molecular complexity index is 819. The number of nitrogens with zero attached hydrogens (tertiary/aromatic N) is 3. The van der Waals surface area contributed by atoms with Gasteiger partial charge in [-0.1, -0.05) is 30.3 Å². The fourth-order valence-corrected chi connectivity index (χ4v) is 4.86. The van der Waals surface area contributed by atoms with Crippen molar-refractivity contribution in [2.75, 3.05) is 13.1 Å². The van der Waals surface area contributed by atoms with E-state index in [1.165, 1.54) is 11.3 Å². The van der Waals surface area contributed by atoms with Crippen LogP contribution in [0, 0.1) is 6.92 Å². The summed E-state index contributed by atoms with van der Waals surface area (Å²) in [4.78, 5) is 34.5. The molecule has 2 fully saturated rings. The number of likely N-dealkylation sites (tertiary alicyclic amines) is 2. The highest BCUT2D eigenvalue weighted by Gasteiger charge is 2.53. The third-order valence-electron chi connectivity index (χ3n) is 5.49. The van der Waals surface area contributed by atoms with Crippen molar-refractivity contribution >= 4 is 23.2 Å².